The normalized spacial score (nSPS) is 13.7. The number of aromatic amines is 1. The Morgan fingerprint density at radius 3 is 2.04 bits per heavy atom. The number of aryl methyl sites for hydroxylation is 1. The number of nitrogens with one attached hydrogen (secondary N) is 1. The molecule has 1 aliphatic rings. The van der Waals surface area contributed by atoms with Crippen LogP contribution < -0.4 is 0 Å². The van der Waals surface area contributed by atoms with Crippen molar-refractivity contribution in [1.29, 1.82) is 0 Å². The summed E-state index contributed by atoms with van der Waals surface area (Å²) in [5.41, 5.74) is 17.3. The molecule has 0 aliphatic heterocycles. The number of aromatic nitrogens is 1. The molecular weight excluding hydrogens is 651 g/mol. The number of benzene rings is 8. The number of para-hydroxylation sites is 1. The lowest BCUT2D eigenvalue weighted by atomic mass is 9.80. The zero-order valence-corrected chi connectivity index (χ0v) is 30.9. The van der Waals surface area contributed by atoms with Crippen molar-refractivity contribution < 1.29 is 0 Å². The standard InChI is InChI=1S/C53H43N/c1-53(2)49-21-10-8-19-45(49)46-27-24-35(33-50(46)53)23-25-39(32-36-13-12-16-38(31-36)37-14-4-3-5-15-37)41-28-29-42(44-18-7-6-17-43(41)44)40-26-30-52-48(34-40)47-20-9-11-22-51(47)54-52/h3-22,24,26-31,33-34,39,54H,23,25,32H2,1-2H3. The third-order valence-electron chi connectivity index (χ3n) is 12.2. The zero-order valence-electron chi connectivity index (χ0n) is 30.9. The van der Waals surface area contributed by atoms with Gasteiger partial charge in [0.2, 0.25) is 0 Å². The Bertz CT molecular complexity index is 2830. The molecule has 1 heteroatoms. The van der Waals surface area contributed by atoms with Crippen molar-refractivity contribution >= 4 is 32.6 Å². The van der Waals surface area contributed by atoms with Gasteiger partial charge in [0.05, 0.1) is 0 Å². The van der Waals surface area contributed by atoms with E-state index in [2.05, 4.69) is 195 Å². The Balaban J connectivity index is 1.05. The largest absolute Gasteiger partial charge is 0.355 e. The maximum Gasteiger partial charge on any atom is 0.0465 e. The molecule has 1 N–H and O–H groups in total. The SMILES string of the molecule is CC1(C)c2ccccc2-c2ccc(CCC(Cc3cccc(-c4ccccc4)c3)c3ccc(-c4ccc5[nH]c6ccccc6c5c4)c4ccccc34)cc21. The van der Waals surface area contributed by atoms with Gasteiger partial charge in [-0.05, 0) is 115 Å². The van der Waals surface area contributed by atoms with E-state index in [1.165, 1.54) is 93.8 Å². The van der Waals surface area contributed by atoms with Crippen molar-refractivity contribution in [3.8, 4) is 33.4 Å². The number of rotatable bonds is 8. The molecule has 8 aromatic carbocycles. The summed E-state index contributed by atoms with van der Waals surface area (Å²) in [6.07, 6.45) is 3.07. The van der Waals surface area contributed by atoms with E-state index in [0.29, 0.717) is 5.92 Å². The van der Waals surface area contributed by atoms with Gasteiger partial charge in [-0.15, -0.1) is 0 Å². The summed E-state index contributed by atoms with van der Waals surface area (Å²) in [6, 6.07) is 65.6. The van der Waals surface area contributed by atoms with Gasteiger partial charge in [0.15, 0.2) is 0 Å². The third kappa shape index (κ3) is 5.55. The summed E-state index contributed by atoms with van der Waals surface area (Å²) in [4.78, 5) is 3.61. The highest BCUT2D eigenvalue weighted by molar-refractivity contribution is 6.09. The molecule has 260 valence electrons. The van der Waals surface area contributed by atoms with Crippen LogP contribution >= 0.6 is 0 Å². The Hall–Kier alpha value is -6.18. The van der Waals surface area contributed by atoms with E-state index < -0.39 is 0 Å². The van der Waals surface area contributed by atoms with E-state index in [-0.39, 0.29) is 5.41 Å². The highest BCUT2D eigenvalue weighted by atomic mass is 14.7. The molecule has 0 spiro atoms. The molecule has 1 atom stereocenters. The predicted molar refractivity (Wildman–Crippen MR) is 229 cm³/mol. The molecule has 1 nitrogen and oxygen atoms in total. The second-order valence-corrected chi connectivity index (χ2v) is 15.7. The molecule has 1 heterocycles. The summed E-state index contributed by atoms with van der Waals surface area (Å²) < 4.78 is 0. The minimum Gasteiger partial charge on any atom is -0.355 e. The molecule has 0 saturated carbocycles. The molecule has 0 radical (unpaired) electrons. The van der Waals surface area contributed by atoms with Gasteiger partial charge < -0.3 is 4.98 Å². The van der Waals surface area contributed by atoms with Gasteiger partial charge >= 0.3 is 0 Å². The van der Waals surface area contributed by atoms with Crippen LogP contribution in [0.25, 0.3) is 66.0 Å². The maximum atomic E-state index is 3.61. The van der Waals surface area contributed by atoms with Crippen LogP contribution in [0.15, 0.2) is 176 Å². The summed E-state index contributed by atoms with van der Waals surface area (Å²) >= 11 is 0. The lowest BCUT2D eigenvalue weighted by Crippen LogP contribution is -2.15. The van der Waals surface area contributed by atoms with Crippen LogP contribution in [-0.4, -0.2) is 4.98 Å². The highest BCUT2D eigenvalue weighted by Gasteiger charge is 2.35. The lowest BCUT2D eigenvalue weighted by molar-refractivity contribution is 0.622. The lowest BCUT2D eigenvalue weighted by Gasteiger charge is -2.23. The first-order chi connectivity index (χ1) is 26.5. The van der Waals surface area contributed by atoms with Crippen LogP contribution in [0.1, 0.15) is 54.0 Å². The first-order valence-electron chi connectivity index (χ1n) is 19.4. The Kier molecular flexibility index (Phi) is 7.84. The second kappa shape index (κ2) is 13.0. The molecule has 10 rings (SSSR count). The van der Waals surface area contributed by atoms with Gasteiger partial charge in [0.25, 0.3) is 0 Å². The van der Waals surface area contributed by atoms with Gasteiger partial charge in [0.1, 0.15) is 0 Å². The summed E-state index contributed by atoms with van der Waals surface area (Å²) in [5, 5.41) is 5.21. The van der Waals surface area contributed by atoms with Crippen molar-refractivity contribution in [2.75, 3.05) is 0 Å². The topological polar surface area (TPSA) is 15.8 Å². The molecule has 0 bridgehead atoms. The first-order valence-corrected chi connectivity index (χ1v) is 19.4. The third-order valence-corrected chi connectivity index (χ3v) is 12.2. The number of hydrogen-bond acceptors (Lipinski definition) is 0. The van der Waals surface area contributed by atoms with Crippen molar-refractivity contribution in [3.05, 3.63) is 204 Å². The summed E-state index contributed by atoms with van der Waals surface area (Å²) in [6.45, 7) is 4.77. The summed E-state index contributed by atoms with van der Waals surface area (Å²) in [5.74, 6) is 0.338. The van der Waals surface area contributed by atoms with Crippen LogP contribution in [-0.2, 0) is 18.3 Å². The molecule has 1 aromatic heterocycles. The molecule has 0 saturated heterocycles. The van der Waals surface area contributed by atoms with E-state index in [9.17, 15) is 0 Å². The van der Waals surface area contributed by atoms with Crippen molar-refractivity contribution in [2.24, 2.45) is 0 Å². The Morgan fingerprint density at radius 2 is 1.15 bits per heavy atom. The smallest absolute Gasteiger partial charge is 0.0465 e. The fourth-order valence-electron chi connectivity index (χ4n) is 9.35. The highest BCUT2D eigenvalue weighted by Crippen LogP contribution is 2.49. The van der Waals surface area contributed by atoms with Crippen molar-refractivity contribution in [2.45, 2.75) is 44.4 Å². The zero-order chi connectivity index (χ0) is 36.2. The van der Waals surface area contributed by atoms with E-state index in [0.717, 1.165) is 19.3 Å². The minimum absolute atomic E-state index is 0.000940. The van der Waals surface area contributed by atoms with Gasteiger partial charge in [-0.3, -0.25) is 0 Å². The van der Waals surface area contributed by atoms with Gasteiger partial charge in [-0.25, -0.2) is 0 Å². The fraction of sp³-hybridized carbons (Fsp3) is 0.132. The summed E-state index contributed by atoms with van der Waals surface area (Å²) in [7, 11) is 0. The van der Waals surface area contributed by atoms with Crippen LogP contribution in [0.2, 0.25) is 0 Å². The van der Waals surface area contributed by atoms with Crippen molar-refractivity contribution in [1.82, 2.24) is 4.98 Å². The van der Waals surface area contributed by atoms with Crippen LogP contribution in [0.4, 0.5) is 0 Å². The maximum absolute atomic E-state index is 3.61. The number of H-pyrrole nitrogens is 1. The molecule has 0 amide bonds. The molecule has 1 aliphatic carbocycles. The number of hydrogen-bond donors (Lipinski definition) is 1. The number of fused-ring (bicyclic) bond motifs is 7. The van der Waals surface area contributed by atoms with Crippen LogP contribution in [0.5, 0.6) is 0 Å². The monoisotopic (exact) mass is 693 g/mol. The molecular formula is C53H43N. The minimum atomic E-state index is 0.000940. The van der Waals surface area contributed by atoms with Crippen LogP contribution in [0.3, 0.4) is 0 Å². The average molecular weight is 694 g/mol. The fourth-order valence-corrected chi connectivity index (χ4v) is 9.35. The van der Waals surface area contributed by atoms with E-state index in [1.54, 1.807) is 0 Å². The van der Waals surface area contributed by atoms with Crippen LogP contribution in [0, 0.1) is 0 Å². The van der Waals surface area contributed by atoms with Gasteiger partial charge in [-0.2, -0.15) is 0 Å². The van der Waals surface area contributed by atoms with Gasteiger partial charge in [0, 0.05) is 27.2 Å². The first kappa shape index (κ1) is 32.5. The average Bonchev–Trinajstić information content (AvgIpc) is 3.71. The van der Waals surface area contributed by atoms with Gasteiger partial charge in [-0.1, -0.05) is 172 Å². The Morgan fingerprint density at radius 1 is 0.444 bits per heavy atom. The molecule has 9 aromatic rings. The quantitative estimate of drug-likeness (QED) is 0.163. The van der Waals surface area contributed by atoms with Crippen molar-refractivity contribution in [3.63, 3.8) is 0 Å². The Labute approximate surface area is 318 Å². The van der Waals surface area contributed by atoms with E-state index >= 15 is 0 Å². The van der Waals surface area contributed by atoms with E-state index in [1.807, 2.05) is 0 Å². The predicted octanol–water partition coefficient (Wildman–Crippen LogP) is 14.1. The molecule has 1 unspecified atom stereocenters. The second-order valence-electron chi connectivity index (χ2n) is 15.7. The van der Waals surface area contributed by atoms with E-state index in [4.69, 9.17) is 0 Å². The molecule has 54 heavy (non-hydrogen) atoms. The molecule has 0 fully saturated rings.